The van der Waals surface area contributed by atoms with E-state index in [1.165, 1.54) is 37.3 Å². The number of aliphatic hydroxyl groups is 5. The fourth-order valence-electron chi connectivity index (χ4n) is 4.72. The summed E-state index contributed by atoms with van der Waals surface area (Å²) < 4.78 is 21.6. The second-order valence-corrected chi connectivity index (χ2v) is 9.75. The number of aromatic hydroxyl groups is 1. The van der Waals surface area contributed by atoms with E-state index in [9.17, 15) is 35.4 Å². The number of carbonyl (C=O) groups is 1. The van der Waals surface area contributed by atoms with E-state index in [1.807, 2.05) is 0 Å². The molecule has 1 amide bonds. The molecule has 4 rings (SSSR count). The molecule has 1 aromatic rings. The first-order valence-corrected chi connectivity index (χ1v) is 12.6. The minimum Gasteiger partial charge on any atom is -0.504 e. The van der Waals surface area contributed by atoms with Crippen LogP contribution in [-0.2, 0) is 23.8 Å². The molecule has 3 fully saturated rings. The lowest BCUT2D eigenvalue weighted by molar-refractivity contribution is -0.155. The van der Waals surface area contributed by atoms with Crippen LogP contribution in [0.15, 0.2) is 41.6 Å². The van der Waals surface area contributed by atoms with Gasteiger partial charge in [0, 0.05) is 5.57 Å². The van der Waals surface area contributed by atoms with Crippen molar-refractivity contribution in [1.82, 2.24) is 5.32 Å². The monoisotopic (exact) mass is 566 g/mol. The summed E-state index contributed by atoms with van der Waals surface area (Å²) in [5.41, 5.74) is 0.842. The van der Waals surface area contributed by atoms with Crippen molar-refractivity contribution in [2.45, 2.75) is 75.0 Å². The summed E-state index contributed by atoms with van der Waals surface area (Å²) >= 11 is 0. The van der Waals surface area contributed by atoms with E-state index >= 15 is 0 Å². The van der Waals surface area contributed by atoms with Crippen molar-refractivity contribution in [2.24, 2.45) is 5.16 Å². The second kappa shape index (κ2) is 12.6. The number of carbonyl (C=O) groups excluding carboxylic acids is 1. The Hall–Kier alpha value is -3.08. The molecule has 1 aromatic carbocycles. The van der Waals surface area contributed by atoms with E-state index in [2.05, 4.69) is 17.1 Å². The third-order valence-electron chi connectivity index (χ3n) is 6.90. The van der Waals surface area contributed by atoms with Crippen LogP contribution in [0, 0.1) is 0 Å². The van der Waals surface area contributed by atoms with Crippen LogP contribution >= 0.6 is 0 Å². The molecule has 10 atom stereocenters. The highest BCUT2D eigenvalue weighted by Crippen LogP contribution is 2.33. The second-order valence-electron chi connectivity index (χ2n) is 9.75. The van der Waals surface area contributed by atoms with E-state index < -0.39 is 67.1 Å². The van der Waals surface area contributed by atoms with Crippen LogP contribution in [0.4, 0.5) is 0 Å². The van der Waals surface area contributed by atoms with E-state index in [0.717, 1.165) is 0 Å². The summed E-state index contributed by atoms with van der Waals surface area (Å²) in [4.78, 5) is 17.8. The number of ether oxygens (including phenoxy) is 4. The van der Waals surface area contributed by atoms with Gasteiger partial charge in [-0.1, -0.05) is 23.9 Å². The highest BCUT2D eigenvalue weighted by atomic mass is 16.7. The van der Waals surface area contributed by atoms with Crippen molar-refractivity contribution < 1.29 is 59.2 Å². The molecule has 3 aliphatic rings. The zero-order valence-electron chi connectivity index (χ0n) is 21.9. The number of amides is 1. The van der Waals surface area contributed by atoms with E-state index in [0.29, 0.717) is 5.56 Å². The smallest absolute Gasteiger partial charge is 0.247 e. The zero-order chi connectivity index (χ0) is 29.1. The molecule has 2 saturated heterocycles. The van der Waals surface area contributed by atoms with Gasteiger partial charge in [-0.25, -0.2) is 0 Å². The summed E-state index contributed by atoms with van der Waals surface area (Å²) in [6.07, 6.45) is -8.17. The van der Waals surface area contributed by atoms with Gasteiger partial charge in [0.05, 0.1) is 11.8 Å². The maximum absolute atomic E-state index is 12.8. The third-order valence-corrected chi connectivity index (χ3v) is 6.90. The standard InChI is InChI=1S/C26H34N2O12/c1-4-7-38-28-12(3)22-20(33)21(34)26(40-22)39-15-6-5-13(9-14(15)29)8-11(2)25(35)27-16-17(30)19(32)24-23(18(16)31)36-10-37-24/h4-6,8-9,16-24,26,29-34H,1,7,10H2,2-3H3,(H,27,35)/b11-8-,28-12-/t16-,17+,18-,19-,20+,21+,22?,23+,24-,26-/m1/s1. The zero-order valence-corrected chi connectivity index (χ0v) is 21.9. The summed E-state index contributed by atoms with van der Waals surface area (Å²) in [5.74, 6) is -1.02. The molecule has 2 heterocycles. The number of fused-ring (bicyclic) bond motifs is 1. The molecule has 14 nitrogen and oxygen atoms in total. The first-order chi connectivity index (χ1) is 19.0. The van der Waals surface area contributed by atoms with Crippen LogP contribution in [-0.4, -0.2) is 117 Å². The molecule has 0 aromatic heterocycles. The Morgan fingerprint density at radius 2 is 1.77 bits per heavy atom. The minimum absolute atomic E-state index is 0.0515. The lowest BCUT2D eigenvalue weighted by Gasteiger charge is -2.41. The lowest BCUT2D eigenvalue weighted by atomic mass is 9.83. The van der Waals surface area contributed by atoms with Crippen LogP contribution in [0.2, 0.25) is 0 Å². The van der Waals surface area contributed by atoms with Gasteiger partial charge < -0.3 is 59.7 Å². The van der Waals surface area contributed by atoms with Crippen LogP contribution < -0.4 is 10.1 Å². The van der Waals surface area contributed by atoms with Gasteiger partial charge in [-0.2, -0.15) is 0 Å². The highest BCUT2D eigenvalue weighted by Gasteiger charge is 2.53. The van der Waals surface area contributed by atoms with Gasteiger partial charge in [0.1, 0.15) is 62.2 Å². The molecule has 14 heteroatoms. The molecule has 7 N–H and O–H groups in total. The Labute approximate surface area is 229 Å². The first-order valence-electron chi connectivity index (χ1n) is 12.6. The molecule has 2 aliphatic heterocycles. The molecule has 0 radical (unpaired) electrons. The first kappa shape index (κ1) is 29.9. The number of rotatable bonds is 9. The Morgan fingerprint density at radius 1 is 1.07 bits per heavy atom. The van der Waals surface area contributed by atoms with Crippen LogP contribution in [0.25, 0.3) is 6.08 Å². The molecule has 220 valence electrons. The summed E-state index contributed by atoms with van der Waals surface area (Å²) in [5, 5.41) is 68.7. The third kappa shape index (κ3) is 6.14. The predicted molar refractivity (Wildman–Crippen MR) is 137 cm³/mol. The van der Waals surface area contributed by atoms with Crippen LogP contribution in [0.3, 0.4) is 0 Å². The summed E-state index contributed by atoms with van der Waals surface area (Å²) in [6.45, 7) is 6.54. The average molecular weight is 567 g/mol. The van der Waals surface area contributed by atoms with Crippen molar-refractivity contribution in [3.05, 3.63) is 42.0 Å². The van der Waals surface area contributed by atoms with Gasteiger partial charge in [-0.05, 0) is 37.6 Å². The number of phenolic OH excluding ortho intramolecular Hbond substituents is 1. The number of aliphatic hydroxyl groups excluding tert-OH is 5. The number of hydrogen-bond acceptors (Lipinski definition) is 13. The number of nitrogens with one attached hydrogen (secondary N) is 1. The van der Waals surface area contributed by atoms with Gasteiger partial charge in [-0.15, -0.1) is 0 Å². The van der Waals surface area contributed by atoms with E-state index in [4.69, 9.17) is 23.8 Å². The maximum atomic E-state index is 12.8. The van der Waals surface area contributed by atoms with Crippen molar-refractivity contribution in [3.63, 3.8) is 0 Å². The SMILES string of the molecule is C=CCO/N=C(/C)C1O[C@@H](Oc2ccc(/C=C(/C)C(=O)N[C@@H]3[C@H](O)[C@@H](O)[C@H]4OCO[C@H]4[C@@H]3O)cc2O)[C@@H](O)[C@@H]1O. The minimum atomic E-state index is -1.49. The van der Waals surface area contributed by atoms with Crippen LogP contribution in [0.5, 0.6) is 11.5 Å². The quantitative estimate of drug-likeness (QED) is 0.0600. The van der Waals surface area contributed by atoms with Crippen molar-refractivity contribution in [3.8, 4) is 11.5 Å². The summed E-state index contributed by atoms with van der Waals surface area (Å²) in [6, 6.07) is 3.01. The van der Waals surface area contributed by atoms with Gasteiger partial charge in [0.2, 0.25) is 12.2 Å². The van der Waals surface area contributed by atoms with Gasteiger partial charge in [0.25, 0.3) is 0 Å². The molecule has 40 heavy (non-hydrogen) atoms. The molecule has 0 bridgehead atoms. The predicted octanol–water partition coefficient (Wildman–Crippen LogP) is -1.48. The van der Waals surface area contributed by atoms with Gasteiger partial charge >= 0.3 is 0 Å². The Balaban J connectivity index is 1.39. The maximum Gasteiger partial charge on any atom is 0.247 e. The fourth-order valence-corrected chi connectivity index (χ4v) is 4.72. The Kier molecular flexibility index (Phi) is 9.43. The van der Waals surface area contributed by atoms with E-state index in [1.54, 1.807) is 6.92 Å². The summed E-state index contributed by atoms with van der Waals surface area (Å²) in [7, 11) is 0. The Morgan fingerprint density at radius 3 is 2.45 bits per heavy atom. The van der Waals surface area contributed by atoms with E-state index in [-0.39, 0.29) is 36.2 Å². The van der Waals surface area contributed by atoms with Crippen molar-refractivity contribution in [2.75, 3.05) is 13.4 Å². The molecule has 1 aliphatic carbocycles. The molecule has 1 saturated carbocycles. The fraction of sp³-hybridized carbons (Fsp3) is 0.538. The van der Waals surface area contributed by atoms with Crippen molar-refractivity contribution in [1.29, 1.82) is 0 Å². The topological polar surface area (TPSA) is 209 Å². The normalized spacial score (nSPS) is 36.2. The largest absolute Gasteiger partial charge is 0.504 e. The average Bonchev–Trinajstić information content (AvgIpc) is 3.52. The molecule has 1 unspecified atom stereocenters. The van der Waals surface area contributed by atoms with Gasteiger partial charge in [-0.3, -0.25) is 4.79 Å². The molecular weight excluding hydrogens is 532 g/mol. The number of phenols is 1. The molecular formula is C26H34N2O12. The number of nitrogens with zero attached hydrogens (tertiary/aromatic N) is 1. The number of benzene rings is 1. The Bertz CT molecular complexity index is 1140. The highest BCUT2D eigenvalue weighted by molar-refractivity contribution is 5.97. The number of hydrogen-bond donors (Lipinski definition) is 7. The van der Waals surface area contributed by atoms with Crippen LogP contribution in [0.1, 0.15) is 19.4 Å². The van der Waals surface area contributed by atoms with Crippen molar-refractivity contribution >= 4 is 17.7 Å². The number of oxime groups is 1. The molecule has 0 spiro atoms. The lowest BCUT2D eigenvalue weighted by Crippen LogP contribution is -2.67. The van der Waals surface area contributed by atoms with Gasteiger partial charge in [0.15, 0.2) is 11.5 Å².